The van der Waals surface area contributed by atoms with Crippen LogP contribution in [0.2, 0.25) is 0 Å². The van der Waals surface area contributed by atoms with Gasteiger partial charge in [-0.15, -0.1) is 0 Å². The van der Waals surface area contributed by atoms with Crippen molar-refractivity contribution in [3.63, 3.8) is 0 Å². The molecule has 0 atom stereocenters. The first kappa shape index (κ1) is 44.8. The van der Waals surface area contributed by atoms with Gasteiger partial charge in [-0.2, -0.15) is 0 Å². The second-order valence-electron chi connectivity index (χ2n) is 1.50. The third kappa shape index (κ3) is 289. The molecule has 0 aliphatic rings. The molecular formula is Lu4O12Ti3. The van der Waals surface area contributed by atoms with Gasteiger partial charge in [0.2, 0.25) is 0 Å². The van der Waals surface area contributed by atoms with E-state index in [2.05, 4.69) is 0 Å². The molecule has 0 rings (SSSR count). The molecule has 0 bridgehead atoms. The molecule has 0 aromatic heterocycles. The van der Waals surface area contributed by atoms with E-state index in [0.717, 1.165) is 0 Å². The van der Waals surface area contributed by atoms with Crippen LogP contribution in [0.5, 0.6) is 0 Å². The molecule has 144 valence electrons. The van der Waals surface area contributed by atoms with Crippen molar-refractivity contribution in [1.29, 1.82) is 0 Å². The molecule has 0 radical (unpaired) electrons. The Balaban J connectivity index is -0.0000000206. The maximum atomic E-state index is 8.62. The second kappa shape index (κ2) is 22.6. The minimum atomic E-state index is -6.00. The van der Waals surface area contributed by atoms with Crippen LogP contribution in [-0.2, 0) is 54.4 Å². The molecule has 19 heavy (non-hydrogen) atoms. The summed E-state index contributed by atoms with van der Waals surface area (Å²) in [6.07, 6.45) is 0. The summed E-state index contributed by atoms with van der Waals surface area (Å²) in [6, 6.07) is 0. The fraction of sp³-hybridized carbons (Fsp3) is 0. The van der Waals surface area contributed by atoms with Crippen molar-refractivity contribution < 1.29 is 246 Å². The molecule has 0 saturated heterocycles. The fourth-order valence-electron chi connectivity index (χ4n) is 0. The van der Waals surface area contributed by atoms with Crippen LogP contribution in [-0.4, -0.2) is 0 Å². The number of hydrogen-bond acceptors (Lipinski definition) is 12. The summed E-state index contributed by atoms with van der Waals surface area (Å²) in [4.78, 5) is 0. The molecule has 0 aliphatic heterocycles. The van der Waals surface area contributed by atoms with E-state index in [-0.39, 0.29) is 147 Å². The van der Waals surface area contributed by atoms with Gasteiger partial charge in [-0.25, -0.2) is 0 Å². The van der Waals surface area contributed by atoms with Crippen LogP contribution >= 0.6 is 0 Å². The fourth-order valence-corrected chi connectivity index (χ4v) is 0. The Kier molecular flexibility index (Phi) is 53.4. The molecule has 19 heteroatoms. The normalized spacial score (nSPS) is 9.47. The van der Waals surface area contributed by atoms with E-state index < -0.39 is 54.4 Å². The van der Waals surface area contributed by atoms with Crippen LogP contribution < -0.4 is 44.3 Å². The molecule has 0 aliphatic carbocycles. The molecule has 0 aromatic rings. The minimum absolute atomic E-state index is 0. The first-order valence-electron chi connectivity index (χ1n) is 2.45. The van der Waals surface area contributed by atoms with Gasteiger partial charge in [0.15, 0.2) is 0 Å². The van der Waals surface area contributed by atoms with E-state index in [0.29, 0.717) is 0 Å². The SMILES string of the molecule is [Lu+3].[Lu+3].[Lu+3].[Lu+3].[O-][Ti]([O-])([O-])[O-].[O-][Ti]([O-])([O-])[O-].[O-][Ti]([O-])([O-])[O-]. The van der Waals surface area contributed by atoms with Crippen LogP contribution in [0.25, 0.3) is 0 Å². The Morgan fingerprint density at radius 1 is 0.263 bits per heavy atom. The molecule has 0 saturated carbocycles. The first-order valence-corrected chi connectivity index (χ1v) is 10.1. The van der Waals surface area contributed by atoms with Crippen molar-refractivity contribution in [1.82, 2.24) is 0 Å². The summed E-state index contributed by atoms with van der Waals surface area (Å²) in [7, 11) is 0. The number of hydrogen-bond donors (Lipinski definition) is 0. The van der Waals surface area contributed by atoms with Gasteiger partial charge in [-0.05, 0) is 0 Å². The van der Waals surface area contributed by atoms with Crippen molar-refractivity contribution in [2.45, 2.75) is 0 Å². The van der Waals surface area contributed by atoms with E-state index in [4.69, 9.17) is 44.3 Å². The Labute approximate surface area is 239 Å². The standard InChI is InChI=1S/4Lu.12O.3Ti/q4*+3;12*-1;;;. The van der Waals surface area contributed by atoms with Crippen molar-refractivity contribution in [2.75, 3.05) is 0 Å². The molecule has 0 spiro atoms. The average Bonchev–Trinajstić information content (AvgIpc) is 1.41. The third-order valence-corrected chi connectivity index (χ3v) is 0. The van der Waals surface area contributed by atoms with Crippen molar-refractivity contribution in [3.05, 3.63) is 0 Å². The van der Waals surface area contributed by atoms with Crippen LogP contribution in [0.1, 0.15) is 0 Å². The molecular weight excluding hydrogens is 1040 g/mol. The van der Waals surface area contributed by atoms with E-state index in [1.165, 1.54) is 0 Å². The summed E-state index contributed by atoms with van der Waals surface area (Å²) >= 11 is -18.0. The van der Waals surface area contributed by atoms with Crippen LogP contribution in [0, 0.1) is 147 Å². The molecule has 0 unspecified atom stereocenters. The zero-order valence-corrected chi connectivity index (χ0v) is 18.7. The first-order chi connectivity index (χ1) is 6.00. The maximum absolute atomic E-state index is 8.62. The Hall–Kier alpha value is 6.60. The zero-order chi connectivity index (χ0) is 13.5. The van der Waals surface area contributed by atoms with E-state index >= 15 is 0 Å². The van der Waals surface area contributed by atoms with Gasteiger partial charge in [0.1, 0.15) is 0 Å². The van der Waals surface area contributed by atoms with Gasteiger partial charge in [-0.1, -0.05) is 0 Å². The van der Waals surface area contributed by atoms with Gasteiger partial charge >= 0.3 is 246 Å². The van der Waals surface area contributed by atoms with Gasteiger partial charge in [0.05, 0.1) is 0 Å². The van der Waals surface area contributed by atoms with Crippen LogP contribution in [0.3, 0.4) is 0 Å². The Bertz CT molecular complexity index is 100.0. The topological polar surface area (TPSA) is 277 Å². The van der Waals surface area contributed by atoms with Crippen molar-refractivity contribution in [2.24, 2.45) is 0 Å². The molecule has 0 aromatic carbocycles. The third-order valence-electron chi connectivity index (χ3n) is 0. The molecule has 0 N–H and O–H groups in total. The van der Waals surface area contributed by atoms with E-state index in [1.807, 2.05) is 0 Å². The molecule has 0 heterocycles. The van der Waals surface area contributed by atoms with Crippen LogP contribution in [0.15, 0.2) is 0 Å². The average molecular weight is 1040 g/mol. The quantitative estimate of drug-likeness (QED) is 0.205. The van der Waals surface area contributed by atoms with Gasteiger partial charge in [0.25, 0.3) is 0 Å². The monoisotopic (exact) mass is 1040 g/mol. The molecule has 12 nitrogen and oxygen atoms in total. The summed E-state index contributed by atoms with van der Waals surface area (Å²) in [5.74, 6) is 0. The number of rotatable bonds is 0. The van der Waals surface area contributed by atoms with Crippen LogP contribution in [0.4, 0.5) is 0 Å². The predicted molar refractivity (Wildman–Crippen MR) is 0 cm³/mol. The van der Waals surface area contributed by atoms with Crippen molar-refractivity contribution >= 4 is 0 Å². The molecule has 0 amide bonds. The Morgan fingerprint density at radius 2 is 0.263 bits per heavy atom. The van der Waals surface area contributed by atoms with Gasteiger partial charge < -0.3 is 0 Å². The second-order valence-corrected chi connectivity index (χ2v) is 6.18. The zero-order valence-electron chi connectivity index (χ0n) is 7.43. The predicted octanol–water partition coefficient (Wildman–Crippen LogP) is -14.3. The summed E-state index contributed by atoms with van der Waals surface area (Å²) in [6.45, 7) is 0. The summed E-state index contributed by atoms with van der Waals surface area (Å²) in [5.41, 5.74) is 0. The van der Waals surface area contributed by atoms with Gasteiger partial charge in [-0.3, -0.25) is 0 Å². The Morgan fingerprint density at radius 3 is 0.263 bits per heavy atom. The van der Waals surface area contributed by atoms with Gasteiger partial charge in [0, 0.05) is 0 Å². The van der Waals surface area contributed by atoms with E-state index in [1.54, 1.807) is 0 Å². The molecule has 0 fully saturated rings. The summed E-state index contributed by atoms with van der Waals surface area (Å²) in [5, 5.41) is 0. The van der Waals surface area contributed by atoms with E-state index in [9.17, 15) is 0 Å². The summed E-state index contributed by atoms with van der Waals surface area (Å²) < 4.78 is 104. The van der Waals surface area contributed by atoms with Crippen molar-refractivity contribution in [3.8, 4) is 0 Å².